The Labute approximate surface area is 191 Å². The molecule has 0 atom stereocenters. The SMILES string of the molecule is Cc1ccc(SCc2c(C(=O)N/N=C/c3cccc(Cl)c3)nnn2-c2nonc2N)cc1. The number of aromatic nitrogens is 5. The molecule has 0 bridgehead atoms. The maximum absolute atomic E-state index is 12.8. The number of anilines is 1. The average Bonchev–Trinajstić information content (AvgIpc) is 3.39. The van der Waals surface area contributed by atoms with Crippen molar-refractivity contribution in [3.8, 4) is 5.82 Å². The van der Waals surface area contributed by atoms with Gasteiger partial charge in [-0.1, -0.05) is 46.6 Å². The van der Waals surface area contributed by atoms with Gasteiger partial charge >= 0.3 is 0 Å². The Balaban J connectivity index is 1.57. The fourth-order valence-corrected chi connectivity index (χ4v) is 3.80. The van der Waals surface area contributed by atoms with Crippen LogP contribution in [0.2, 0.25) is 5.02 Å². The molecular weight excluding hydrogens is 452 g/mol. The van der Waals surface area contributed by atoms with Crippen molar-refractivity contribution in [1.29, 1.82) is 0 Å². The van der Waals surface area contributed by atoms with E-state index in [1.807, 2.05) is 37.3 Å². The van der Waals surface area contributed by atoms with Gasteiger partial charge in [0, 0.05) is 15.7 Å². The summed E-state index contributed by atoms with van der Waals surface area (Å²) in [4.78, 5) is 13.8. The van der Waals surface area contributed by atoms with E-state index in [0.717, 1.165) is 16.0 Å². The molecule has 4 aromatic rings. The summed E-state index contributed by atoms with van der Waals surface area (Å²) in [7, 11) is 0. The van der Waals surface area contributed by atoms with Gasteiger partial charge in [0.2, 0.25) is 11.6 Å². The summed E-state index contributed by atoms with van der Waals surface area (Å²) in [6, 6.07) is 15.1. The van der Waals surface area contributed by atoms with Crippen LogP contribution in [-0.4, -0.2) is 37.4 Å². The summed E-state index contributed by atoms with van der Waals surface area (Å²) in [6.07, 6.45) is 1.48. The minimum Gasteiger partial charge on any atom is -0.378 e. The van der Waals surface area contributed by atoms with Gasteiger partial charge in [-0.05, 0) is 47.1 Å². The van der Waals surface area contributed by atoms with E-state index in [4.69, 9.17) is 17.3 Å². The molecule has 2 aromatic carbocycles. The fourth-order valence-electron chi connectivity index (χ4n) is 2.71. The van der Waals surface area contributed by atoms with Gasteiger partial charge in [0.05, 0.1) is 11.9 Å². The normalized spacial score (nSPS) is 11.2. The first-order valence-corrected chi connectivity index (χ1v) is 10.7. The molecule has 32 heavy (non-hydrogen) atoms. The molecule has 0 fully saturated rings. The lowest BCUT2D eigenvalue weighted by Crippen LogP contribution is -2.20. The highest BCUT2D eigenvalue weighted by molar-refractivity contribution is 7.98. The second-order valence-electron chi connectivity index (χ2n) is 6.63. The fraction of sp³-hybridized carbons (Fsp3) is 0.100. The molecule has 0 saturated heterocycles. The highest BCUT2D eigenvalue weighted by Gasteiger charge is 2.24. The number of aryl methyl sites for hydroxylation is 1. The van der Waals surface area contributed by atoms with Gasteiger partial charge in [-0.3, -0.25) is 4.79 Å². The molecule has 0 spiro atoms. The molecule has 12 heteroatoms. The predicted molar refractivity (Wildman–Crippen MR) is 121 cm³/mol. The smallest absolute Gasteiger partial charge is 0.293 e. The third-order valence-electron chi connectivity index (χ3n) is 4.30. The largest absolute Gasteiger partial charge is 0.378 e. The van der Waals surface area contributed by atoms with Gasteiger partial charge < -0.3 is 5.73 Å². The number of hydrogen-bond acceptors (Lipinski definition) is 9. The molecule has 0 saturated carbocycles. The third-order valence-corrected chi connectivity index (χ3v) is 5.56. The second kappa shape index (κ2) is 9.62. The molecule has 0 aliphatic rings. The number of hydrazone groups is 1. The van der Waals surface area contributed by atoms with Crippen molar-refractivity contribution >= 4 is 41.3 Å². The van der Waals surface area contributed by atoms with E-state index in [0.29, 0.717) is 16.5 Å². The number of carbonyl (C=O) groups excluding carboxylic acids is 1. The van der Waals surface area contributed by atoms with Crippen molar-refractivity contribution in [3.05, 3.63) is 76.1 Å². The van der Waals surface area contributed by atoms with Gasteiger partial charge in [-0.25, -0.2) is 10.1 Å². The monoisotopic (exact) mass is 468 g/mol. The maximum atomic E-state index is 12.8. The highest BCUT2D eigenvalue weighted by Crippen LogP contribution is 2.26. The van der Waals surface area contributed by atoms with Gasteiger partial charge in [0.25, 0.3) is 5.91 Å². The summed E-state index contributed by atoms with van der Waals surface area (Å²) in [6.45, 7) is 2.01. The van der Waals surface area contributed by atoms with Gasteiger partial charge in [-0.2, -0.15) is 9.78 Å². The number of thioether (sulfide) groups is 1. The Kier molecular flexibility index (Phi) is 6.47. The highest BCUT2D eigenvalue weighted by atomic mass is 35.5. The predicted octanol–water partition coefficient (Wildman–Crippen LogP) is 3.25. The van der Waals surface area contributed by atoms with E-state index in [1.165, 1.54) is 22.7 Å². The molecule has 2 heterocycles. The number of nitrogens with two attached hydrogens (primary N) is 1. The van der Waals surface area contributed by atoms with Crippen molar-refractivity contribution in [2.24, 2.45) is 5.10 Å². The summed E-state index contributed by atoms with van der Waals surface area (Å²) in [5.41, 5.74) is 10.7. The van der Waals surface area contributed by atoms with E-state index in [-0.39, 0.29) is 17.3 Å². The van der Waals surface area contributed by atoms with Crippen LogP contribution in [0.5, 0.6) is 0 Å². The molecule has 0 radical (unpaired) electrons. The van der Waals surface area contributed by atoms with Crippen LogP contribution in [0.3, 0.4) is 0 Å². The number of nitrogens with one attached hydrogen (secondary N) is 1. The van der Waals surface area contributed by atoms with Crippen LogP contribution < -0.4 is 11.2 Å². The number of amides is 1. The Hall–Kier alpha value is -3.70. The molecule has 0 unspecified atom stereocenters. The van der Waals surface area contributed by atoms with E-state index in [1.54, 1.807) is 18.2 Å². The minimum absolute atomic E-state index is 0.0300. The van der Waals surface area contributed by atoms with Gasteiger partial charge in [0.15, 0.2) is 5.69 Å². The van der Waals surface area contributed by atoms with Crippen molar-refractivity contribution in [1.82, 2.24) is 30.7 Å². The lowest BCUT2D eigenvalue weighted by Gasteiger charge is -2.06. The number of hydrogen-bond donors (Lipinski definition) is 2. The van der Waals surface area contributed by atoms with Crippen LogP contribution in [0.25, 0.3) is 5.82 Å². The van der Waals surface area contributed by atoms with Crippen molar-refractivity contribution in [2.45, 2.75) is 17.6 Å². The Morgan fingerprint density at radius 3 is 2.81 bits per heavy atom. The topological polar surface area (TPSA) is 137 Å². The van der Waals surface area contributed by atoms with Gasteiger partial charge in [-0.15, -0.1) is 16.9 Å². The molecular formula is C20H17ClN8O2S. The number of nitrogen functional groups attached to an aromatic ring is 1. The zero-order chi connectivity index (χ0) is 22.5. The first-order valence-electron chi connectivity index (χ1n) is 9.32. The Bertz CT molecular complexity index is 1270. The lowest BCUT2D eigenvalue weighted by atomic mass is 10.2. The van der Waals surface area contributed by atoms with E-state index in [2.05, 4.69) is 35.8 Å². The minimum atomic E-state index is -0.538. The standard InChI is InChI=1S/C20H17ClN8O2S/c1-12-5-7-15(8-6-12)32-11-16-17(24-28-29(16)19-18(22)26-31-27-19)20(30)25-23-10-13-3-2-4-14(21)9-13/h2-10H,11H2,1H3,(H2,22,26)(H,25,30)/b23-10+. The molecule has 4 rings (SSSR count). The van der Waals surface area contributed by atoms with E-state index >= 15 is 0 Å². The van der Waals surface area contributed by atoms with Crippen LogP contribution in [-0.2, 0) is 5.75 Å². The van der Waals surface area contributed by atoms with E-state index < -0.39 is 5.91 Å². The lowest BCUT2D eigenvalue weighted by molar-refractivity contribution is 0.0949. The summed E-state index contributed by atoms with van der Waals surface area (Å²) in [5.74, 6) is 0.00769. The molecule has 0 aliphatic carbocycles. The van der Waals surface area contributed by atoms with Gasteiger partial charge in [0.1, 0.15) is 0 Å². The molecule has 1 amide bonds. The van der Waals surface area contributed by atoms with Crippen LogP contribution in [0.4, 0.5) is 5.82 Å². The van der Waals surface area contributed by atoms with E-state index in [9.17, 15) is 4.79 Å². The zero-order valence-electron chi connectivity index (χ0n) is 16.8. The number of halogens is 1. The molecule has 3 N–H and O–H groups in total. The maximum Gasteiger partial charge on any atom is 0.293 e. The number of rotatable bonds is 7. The average molecular weight is 469 g/mol. The number of benzene rings is 2. The molecule has 2 aromatic heterocycles. The zero-order valence-corrected chi connectivity index (χ0v) is 18.3. The summed E-state index contributed by atoms with van der Waals surface area (Å²) < 4.78 is 6.00. The van der Waals surface area contributed by atoms with Crippen LogP contribution in [0.15, 0.2) is 63.2 Å². The first-order chi connectivity index (χ1) is 15.5. The second-order valence-corrected chi connectivity index (χ2v) is 8.11. The molecule has 10 nitrogen and oxygen atoms in total. The Morgan fingerprint density at radius 2 is 2.09 bits per heavy atom. The van der Waals surface area contributed by atoms with Crippen LogP contribution in [0.1, 0.15) is 27.3 Å². The van der Waals surface area contributed by atoms with Crippen LogP contribution in [0, 0.1) is 6.92 Å². The van der Waals surface area contributed by atoms with Crippen molar-refractivity contribution in [2.75, 3.05) is 5.73 Å². The van der Waals surface area contributed by atoms with Crippen LogP contribution >= 0.6 is 23.4 Å². The first kappa shape index (κ1) is 21.5. The summed E-state index contributed by atoms with van der Waals surface area (Å²) >= 11 is 7.46. The van der Waals surface area contributed by atoms with Crippen molar-refractivity contribution < 1.29 is 9.42 Å². The third kappa shape index (κ3) is 4.95. The number of nitrogens with zero attached hydrogens (tertiary/aromatic N) is 6. The molecule has 0 aliphatic heterocycles. The van der Waals surface area contributed by atoms with Crippen molar-refractivity contribution in [3.63, 3.8) is 0 Å². The Morgan fingerprint density at radius 1 is 1.28 bits per heavy atom. The number of carbonyl (C=O) groups is 1. The summed E-state index contributed by atoms with van der Waals surface area (Å²) in [5, 5.41) is 19.9. The molecule has 162 valence electrons. The quantitative estimate of drug-likeness (QED) is 0.239.